The maximum Gasteiger partial charge on any atom is 0.172 e. The van der Waals surface area contributed by atoms with Crippen LogP contribution >= 0.6 is 11.6 Å². The van der Waals surface area contributed by atoms with Gasteiger partial charge in [-0.1, -0.05) is 16.8 Å². The Bertz CT molecular complexity index is 363. The molecule has 0 heterocycles. The van der Waals surface area contributed by atoms with Crippen molar-refractivity contribution >= 4 is 23.1 Å². The first-order valence-electron chi connectivity index (χ1n) is 4.01. The minimum Gasteiger partial charge on any atom is -0.409 e. The molecule has 0 fully saturated rings. The predicted octanol–water partition coefficient (Wildman–Crippen LogP) is 1.50. The second kappa shape index (κ2) is 4.19. The molecule has 4 nitrogen and oxygen atoms in total. The van der Waals surface area contributed by atoms with Gasteiger partial charge in [0, 0.05) is 30.4 Å². The molecular formula is C9H12ClN3O. The van der Waals surface area contributed by atoms with Crippen LogP contribution in [0.3, 0.4) is 0 Å². The molecule has 0 aliphatic carbocycles. The molecule has 1 rings (SSSR count). The van der Waals surface area contributed by atoms with Gasteiger partial charge in [-0.15, -0.1) is 0 Å². The van der Waals surface area contributed by atoms with Crippen LogP contribution in [0, 0.1) is 0 Å². The van der Waals surface area contributed by atoms with E-state index in [0.717, 1.165) is 5.69 Å². The lowest BCUT2D eigenvalue weighted by atomic mass is 10.1. The van der Waals surface area contributed by atoms with Gasteiger partial charge in [-0.2, -0.15) is 0 Å². The molecule has 0 spiro atoms. The first-order chi connectivity index (χ1) is 6.56. The number of hydrogen-bond acceptors (Lipinski definition) is 3. The van der Waals surface area contributed by atoms with Gasteiger partial charge in [0.1, 0.15) is 0 Å². The van der Waals surface area contributed by atoms with E-state index in [1.165, 1.54) is 0 Å². The Morgan fingerprint density at radius 3 is 2.64 bits per heavy atom. The molecule has 0 amide bonds. The molecule has 0 bridgehead atoms. The van der Waals surface area contributed by atoms with E-state index >= 15 is 0 Å². The third-order valence-corrected chi connectivity index (χ3v) is 2.06. The lowest BCUT2D eigenvalue weighted by Crippen LogP contribution is -2.19. The van der Waals surface area contributed by atoms with Gasteiger partial charge in [0.05, 0.1) is 0 Å². The summed E-state index contributed by atoms with van der Waals surface area (Å²) in [5, 5.41) is 12.1. The van der Waals surface area contributed by atoms with Gasteiger partial charge < -0.3 is 15.8 Å². The lowest BCUT2D eigenvalue weighted by Gasteiger charge is -2.16. The summed E-state index contributed by atoms with van der Waals surface area (Å²) in [5.74, 6) is 0.0744. The zero-order valence-corrected chi connectivity index (χ0v) is 8.78. The van der Waals surface area contributed by atoms with E-state index in [0.29, 0.717) is 10.6 Å². The summed E-state index contributed by atoms with van der Waals surface area (Å²) in [6.45, 7) is 0. The molecule has 0 aliphatic rings. The van der Waals surface area contributed by atoms with Crippen molar-refractivity contribution in [2.75, 3.05) is 19.0 Å². The first-order valence-corrected chi connectivity index (χ1v) is 4.39. The molecular weight excluding hydrogens is 202 g/mol. The SMILES string of the molecule is CN(C)c1cc(Cl)ccc1/C(N)=N/O. The predicted molar refractivity (Wildman–Crippen MR) is 58.3 cm³/mol. The summed E-state index contributed by atoms with van der Waals surface area (Å²) in [6.07, 6.45) is 0. The summed E-state index contributed by atoms with van der Waals surface area (Å²) in [4.78, 5) is 1.85. The Morgan fingerprint density at radius 2 is 2.14 bits per heavy atom. The zero-order chi connectivity index (χ0) is 10.7. The summed E-state index contributed by atoms with van der Waals surface area (Å²) < 4.78 is 0. The first kappa shape index (κ1) is 10.7. The number of amidine groups is 1. The average Bonchev–Trinajstić information content (AvgIpc) is 2.16. The molecule has 3 N–H and O–H groups in total. The van der Waals surface area contributed by atoms with Crippen LogP contribution in [0.5, 0.6) is 0 Å². The van der Waals surface area contributed by atoms with Crippen LogP contribution in [0.15, 0.2) is 23.4 Å². The number of nitrogens with zero attached hydrogens (tertiary/aromatic N) is 2. The largest absolute Gasteiger partial charge is 0.409 e. The molecule has 0 unspecified atom stereocenters. The number of nitrogens with two attached hydrogens (primary N) is 1. The minimum absolute atomic E-state index is 0.0744. The van der Waals surface area contributed by atoms with E-state index in [4.69, 9.17) is 22.5 Å². The van der Waals surface area contributed by atoms with Crippen LogP contribution in [-0.4, -0.2) is 25.1 Å². The molecule has 0 saturated carbocycles. The van der Waals surface area contributed by atoms with E-state index in [1.807, 2.05) is 19.0 Å². The van der Waals surface area contributed by atoms with Crippen LogP contribution in [-0.2, 0) is 0 Å². The maximum atomic E-state index is 8.58. The number of anilines is 1. The van der Waals surface area contributed by atoms with E-state index in [2.05, 4.69) is 5.16 Å². The highest BCUT2D eigenvalue weighted by Gasteiger charge is 2.08. The monoisotopic (exact) mass is 213 g/mol. The smallest absolute Gasteiger partial charge is 0.172 e. The molecule has 76 valence electrons. The maximum absolute atomic E-state index is 8.58. The fourth-order valence-corrected chi connectivity index (χ4v) is 1.31. The van der Waals surface area contributed by atoms with Crippen LogP contribution in [0.4, 0.5) is 5.69 Å². The van der Waals surface area contributed by atoms with E-state index in [1.54, 1.807) is 18.2 Å². The fourth-order valence-electron chi connectivity index (χ4n) is 1.15. The average molecular weight is 214 g/mol. The highest BCUT2D eigenvalue weighted by Crippen LogP contribution is 2.22. The van der Waals surface area contributed by atoms with Crippen molar-refractivity contribution in [2.45, 2.75) is 0 Å². The Hall–Kier alpha value is -1.42. The van der Waals surface area contributed by atoms with E-state index in [9.17, 15) is 0 Å². The van der Waals surface area contributed by atoms with Crippen LogP contribution in [0.2, 0.25) is 5.02 Å². The fraction of sp³-hybridized carbons (Fsp3) is 0.222. The Balaban J connectivity index is 3.29. The lowest BCUT2D eigenvalue weighted by molar-refractivity contribution is 0.318. The number of benzene rings is 1. The molecule has 0 aliphatic heterocycles. The third-order valence-electron chi connectivity index (χ3n) is 1.83. The number of oxime groups is 1. The molecule has 0 atom stereocenters. The van der Waals surface area contributed by atoms with Crippen molar-refractivity contribution in [3.63, 3.8) is 0 Å². The van der Waals surface area contributed by atoms with Gasteiger partial charge in [0.25, 0.3) is 0 Å². The quantitative estimate of drug-likeness (QED) is 0.339. The van der Waals surface area contributed by atoms with Gasteiger partial charge in [0.2, 0.25) is 0 Å². The van der Waals surface area contributed by atoms with Crippen molar-refractivity contribution < 1.29 is 5.21 Å². The van der Waals surface area contributed by atoms with Crippen molar-refractivity contribution in [3.05, 3.63) is 28.8 Å². The zero-order valence-electron chi connectivity index (χ0n) is 8.03. The standard InChI is InChI=1S/C9H12ClN3O/c1-13(2)8-5-6(10)3-4-7(8)9(11)12-14/h3-5,14H,1-2H3,(H2,11,12). The van der Waals surface area contributed by atoms with Gasteiger partial charge in [-0.3, -0.25) is 0 Å². The van der Waals surface area contributed by atoms with E-state index < -0.39 is 0 Å². The Kier molecular flexibility index (Phi) is 3.19. The van der Waals surface area contributed by atoms with E-state index in [-0.39, 0.29) is 5.84 Å². The van der Waals surface area contributed by atoms with Crippen molar-refractivity contribution in [1.29, 1.82) is 0 Å². The van der Waals surface area contributed by atoms with Gasteiger partial charge in [0.15, 0.2) is 5.84 Å². The van der Waals surface area contributed by atoms with Gasteiger partial charge in [-0.25, -0.2) is 0 Å². The summed E-state index contributed by atoms with van der Waals surface area (Å²) in [6, 6.07) is 5.17. The highest BCUT2D eigenvalue weighted by molar-refractivity contribution is 6.31. The molecule has 14 heavy (non-hydrogen) atoms. The second-order valence-electron chi connectivity index (χ2n) is 3.04. The molecule has 1 aromatic carbocycles. The Labute approximate surface area is 87.6 Å². The summed E-state index contributed by atoms with van der Waals surface area (Å²) in [5.41, 5.74) is 6.98. The highest BCUT2D eigenvalue weighted by atomic mass is 35.5. The number of rotatable bonds is 2. The topological polar surface area (TPSA) is 61.8 Å². The molecule has 5 heteroatoms. The molecule has 0 aromatic heterocycles. The van der Waals surface area contributed by atoms with Gasteiger partial charge in [-0.05, 0) is 18.2 Å². The Morgan fingerprint density at radius 1 is 1.50 bits per heavy atom. The van der Waals surface area contributed by atoms with Crippen molar-refractivity contribution in [2.24, 2.45) is 10.9 Å². The number of hydrogen-bond donors (Lipinski definition) is 2. The molecule has 1 aromatic rings. The molecule has 0 radical (unpaired) electrons. The van der Waals surface area contributed by atoms with Crippen LogP contribution in [0.1, 0.15) is 5.56 Å². The second-order valence-corrected chi connectivity index (χ2v) is 3.48. The van der Waals surface area contributed by atoms with Gasteiger partial charge >= 0.3 is 0 Å². The van der Waals surface area contributed by atoms with Crippen molar-refractivity contribution in [1.82, 2.24) is 0 Å². The minimum atomic E-state index is 0.0744. The summed E-state index contributed by atoms with van der Waals surface area (Å²) in [7, 11) is 3.72. The summed E-state index contributed by atoms with van der Waals surface area (Å²) >= 11 is 5.84. The third kappa shape index (κ3) is 2.09. The van der Waals surface area contributed by atoms with Crippen molar-refractivity contribution in [3.8, 4) is 0 Å². The number of halogens is 1. The normalized spacial score (nSPS) is 11.5. The van der Waals surface area contributed by atoms with Crippen LogP contribution in [0.25, 0.3) is 0 Å². The molecule has 0 saturated heterocycles. The van der Waals surface area contributed by atoms with Crippen LogP contribution < -0.4 is 10.6 Å².